The Bertz CT molecular complexity index is 973. The molecular weight excluding hydrogens is 394 g/mol. The summed E-state index contributed by atoms with van der Waals surface area (Å²) in [6, 6.07) is 2.96. The molecule has 0 saturated carbocycles. The van der Waals surface area contributed by atoms with Crippen LogP contribution in [0.4, 0.5) is 17.6 Å². The fourth-order valence-corrected chi connectivity index (χ4v) is 2.69. The van der Waals surface area contributed by atoms with Crippen molar-refractivity contribution in [3.63, 3.8) is 0 Å². The highest BCUT2D eigenvalue weighted by Gasteiger charge is 2.38. The van der Waals surface area contributed by atoms with Crippen molar-refractivity contribution in [2.75, 3.05) is 6.61 Å². The minimum Gasteiger partial charge on any atom is -0.468 e. The lowest BCUT2D eigenvalue weighted by Gasteiger charge is -2.22. The van der Waals surface area contributed by atoms with Gasteiger partial charge >= 0.3 is 6.11 Å². The van der Waals surface area contributed by atoms with E-state index in [4.69, 9.17) is 4.74 Å². The minimum absolute atomic E-state index is 0.0241. The summed E-state index contributed by atoms with van der Waals surface area (Å²) in [5, 5.41) is 7.16. The minimum atomic E-state index is -3.62. The number of halogens is 4. The second-order valence-corrected chi connectivity index (χ2v) is 6.33. The normalized spacial score (nSPS) is 13.6. The summed E-state index contributed by atoms with van der Waals surface area (Å²) in [5.41, 5.74) is 0.889. The van der Waals surface area contributed by atoms with Gasteiger partial charge in [-0.3, -0.25) is 9.38 Å². The molecule has 0 amide bonds. The van der Waals surface area contributed by atoms with E-state index in [0.29, 0.717) is 11.3 Å². The summed E-state index contributed by atoms with van der Waals surface area (Å²) < 4.78 is 65.9. The maximum absolute atomic E-state index is 14.1. The lowest BCUT2D eigenvalue weighted by Crippen LogP contribution is -2.35. The summed E-state index contributed by atoms with van der Waals surface area (Å²) in [6.07, 6.45) is -0.864. The highest BCUT2D eigenvalue weighted by atomic mass is 19.3. The van der Waals surface area contributed by atoms with Crippen molar-refractivity contribution in [3.05, 3.63) is 36.5 Å². The molecule has 0 unspecified atom stereocenters. The average molecular weight is 413 g/mol. The van der Waals surface area contributed by atoms with Crippen LogP contribution in [0.25, 0.3) is 16.9 Å². The Morgan fingerprint density at radius 1 is 1.07 bits per heavy atom. The van der Waals surface area contributed by atoms with Gasteiger partial charge in [-0.1, -0.05) is 6.92 Å². The molecule has 0 aromatic carbocycles. The second kappa shape index (κ2) is 7.90. The van der Waals surface area contributed by atoms with Gasteiger partial charge in [0.25, 0.3) is 5.92 Å². The number of aromatic nitrogens is 5. The zero-order valence-corrected chi connectivity index (χ0v) is 15.9. The molecule has 29 heavy (non-hydrogen) atoms. The summed E-state index contributed by atoms with van der Waals surface area (Å²) in [7, 11) is 0. The molecule has 0 spiro atoms. The van der Waals surface area contributed by atoms with Gasteiger partial charge in [-0.2, -0.15) is 8.78 Å². The van der Waals surface area contributed by atoms with E-state index >= 15 is 0 Å². The molecule has 0 bridgehead atoms. The maximum Gasteiger partial charge on any atom is 0.418 e. The molecule has 0 aliphatic heterocycles. The average Bonchev–Trinajstić information content (AvgIpc) is 3.09. The van der Waals surface area contributed by atoms with Gasteiger partial charge in [-0.25, -0.2) is 13.8 Å². The lowest BCUT2D eigenvalue weighted by molar-refractivity contribution is -0.251. The molecule has 0 radical (unpaired) electrons. The van der Waals surface area contributed by atoms with Crippen molar-refractivity contribution in [3.8, 4) is 17.1 Å². The molecular formula is C18H19F4N5O2. The van der Waals surface area contributed by atoms with Gasteiger partial charge in [0.2, 0.25) is 11.7 Å². The molecule has 7 nitrogen and oxygen atoms in total. The van der Waals surface area contributed by atoms with Crippen molar-refractivity contribution in [2.45, 2.75) is 45.3 Å². The third-order valence-corrected chi connectivity index (χ3v) is 4.11. The molecule has 11 heteroatoms. The number of ether oxygens (including phenoxy) is 2. The van der Waals surface area contributed by atoms with Crippen molar-refractivity contribution >= 4 is 5.65 Å². The second-order valence-electron chi connectivity index (χ2n) is 6.33. The molecule has 0 aliphatic rings. The smallest absolute Gasteiger partial charge is 0.418 e. The van der Waals surface area contributed by atoms with Gasteiger partial charge in [0.05, 0.1) is 18.5 Å². The first-order valence-electron chi connectivity index (χ1n) is 8.89. The van der Waals surface area contributed by atoms with E-state index < -0.39 is 24.0 Å². The van der Waals surface area contributed by atoms with Crippen LogP contribution in [0.3, 0.4) is 0 Å². The Morgan fingerprint density at radius 3 is 2.41 bits per heavy atom. The zero-order chi connectivity index (χ0) is 21.2. The molecule has 0 saturated heterocycles. The molecule has 0 fully saturated rings. The number of pyridine rings is 1. The first-order chi connectivity index (χ1) is 13.7. The Hall–Kier alpha value is -2.82. The topological polar surface area (TPSA) is 74.4 Å². The highest BCUT2D eigenvalue weighted by Crippen LogP contribution is 2.29. The predicted octanol–water partition coefficient (Wildman–Crippen LogP) is 4.08. The number of hydrogen-bond acceptors (Lipinski definition) is 6. The van der Waals surface area contributed by atoms with Crippen molar-refractivity contribution < 1.29 is 27.0 Å². The van der Waals surface area contributed by atoms with Crippen LogP contribution in [0.5, 0.6) is 5.88 Å². The van der Waals surface area contributed by atoms with E-state index in [2.05, 4.69) is 24.9 Å². The van der Waals surface area contributed by atoms with Gasteiger partial charge in [0.1, 0.15) is 0 Å². The monoisotopic (exact) mass is 413 g/mol. The number of fused-ring (bicyclic) bond motifs is 1. The quantitative estimate of drug-likeness (QED) is 0.518. The standard InChI is InChI=1S/C18H19F4N5O2/c1-4-13(17(3,19)20)29-15-7-6-11(8-24-15)12-10-27-14(9-23-12)25-26-16(27)18(21,22)28-5-2/h6-10,13H,4-5H2,1-3H3/t13-/m0/s1. The maximum atomic E-state index is 14.1. The molecule has 0 N–H and O–H groups in total. The fourth-order valence-electron chi connectivity index (χ4n) is 2.69. The van der Waals surface area contributed by atoms with Gasteiger partial charge in [-0.05, 0) is 19.4 Å². The Labute approximate surface area is 163 Å². The SMILES string of the molecule is CCOC(F)(F)c1nnc2cnc(-c3ccc(O[C@@H](CC)C(C)(F)F)nc3)cn12. The molecule has 0 aliphatic carbocycles. The Kier molecular flexibility index (Phi) is 5.69. The molecule has 3 heterocycles. The summed E-state index contributed by atoms with van der Waals surface area (Å²) >= 11 is 0. The predicted molar refractivity (Wildman–Crippen MR) is 94.9 cm³/mol. The molecule has 156 valence electrons. The van der Waals surface area contributed by atoms with Crippen LogP contribution in [-0.4, -0.2) is 43.2 Å². The lowest BCUT2D eigenvalue weighted by atomic mass is 10.1. The highest BCUT2D eigenvalue weighted by molar-refractivity contribution is 5.59. The van der Waals surface area contributed by atoms with Crippen LogP contribution < -0.4 is 4.74 Å². The number of alkyl halides is 4. The summed E-state index contributed by atoms with van der Waals surface area (Å²) in [4.78, 5) is 8.17. The van der Waals surface area contributed by atoms with E-state index in [-0.39, 0.29) is 24.6 Å². The van der Waals surface area contributed by atoms with E-state index in [1.54, 1.807) is 13.0 Å². The van der Waals surface area contributed by atoms with Crippen LogP contribution >= 0.6 is 0 Å². The third kappa shape index (κ3) is 4.44. The van der Waals surface area contributed by atoms with Crippen LogP contribution in [0, 0.1) is 0 Å². The molecule has 3 aromatic heterocycles. The van der Waals surface area contributed by atoms with Gasteiger partial charge < -0.3 is 9.47 Å². The third-order valence-electron chi connectivity index (χ3n) is 4.11. The summed E-state index contributed by atoms with van der Waals surface area (Å²) in [6.45, 7) is 3.60. The van der Waals surface area contributed by atoms with Crippen molar-refractivity contribution in [1.29, 1.82) is 0 Å². The molecule has 1 atom stereocenters. The van der Waals surface area contributed by atoms with Crippen molar-refractivity contribution in [2.24, 2.45) is 0 Å². The van der Waals surface area contributed by atoms with Gasteiger partial charge in [0.15, 0.2) is 11.8 Å². The van der Waals surface area contributed by atoms with Crippen LogP contribution in [0.2, 0.25) is 0 Å². The molecule has 3 aromatic rings. The van der Waals surface area contributed by atoms with E-state index in [0.717, 1.165) is 11.3 Å². The van der Waals surface area contributed by atoms with E-state index in [1.807, 2.05) is 0 Å². The number of nitrogens with zero attached hydrogens (tertiary/aromatic N) is 5. The van der Waals surface area contributed by atoms with Crippen LogP contribution in [0.15, 0.2) is 30.7 Å². The largest absolute Gasteiger partial charge is 0.468 e. The zero-order valence-electron chi connectivity index (χ0n) is 15.9. The summed E-state index contributed by atoms with van der Waals surface area (Å²) in [5.74, 6) is -3.67. The van der Waals surface area contributed by atoms with E-state index in [9.17, 15) is 17.6 Å². The van der Waals surface area contributed by atoms with Gasteiger partial charge in [0, 0.05) is 30.9 Å². The number of rotatable bonds is 8. The van der Waals surface area contributed by atoms with E-state index in [1.165, 1.54) is 31.6 Å². The Morgan fingerprint density at radius 2 is 1.83 bits per heavy atom. The first-order valence-corrected chi connectivity index (χ1v) is 8.89. The fraction of sp³-hybridized carbons (Fsp3) is 0.444. The Balaban J connectivity index is 1.89. The van der Waals surface area contributed by atoms with Crippen LogP contribution in [-0.2, 0) is 10.8 Å². The number of hydrogen-bond donors (Lipinski definition) is 0. The molecule has 3 rings (SSSR count). The van der Waals surface area contributed by atoms with Gasteiger partial charge in [-0.15, -0.1) is 10.2 Å². The van der Waals surface area contributed by atoms with Crippen molar-refractivity contribution in [1.82, 2.24) is 24.6 Å². The van der Waals surface area contributed by atoms with Crippen LogP contribution in [0.1, 0.15) is 33.0 Å². The first kappa shape index (κ1) is 20.9.